The van der Waals surface area contributed by atoms with E-state index < -0.39 is 0 Å². The molecule has 0 amide bonds. The molecule has 2 aliphatic rings. The Morgan fingerprint density at radius 1 is 1.29 bits per heavy atom. The van der Waals surface area contributed by atoms with Crippen molar-refractivity contribution in [3.8, 4) is 0 Å². The summed E-state index contributed by atoms with van der Waals surface area (Å²) in [6, 6.07) is 0. The average Bonchev–Trinajstić information content (AvgIpc) is 2.57. The number of carbonyl (C=O) groups is 1. The number of carbonyl (C=O) groups excluding carboxylic acids is 1. The first kappa shape index (κ1) is 9.46. The maximum atomic E-state index is 10.9. The molecule has 0 aromatic carbocycles. The highest BCUT2D eigenvalue weighted by Crippen LogP contribution is 2.26. The van der Waals surface area contributed by atoms with E-state index in [1.165, 1.54) is 11.1 Å². The Bertz CT molecular complexity index is 325. The lowest BCUT2D eigenvalue weighted by molar-refractivity contribution is -0.135. The molecule has 3 nitrogen and oxygen atoms in total. The second-order valence-electron chi connectivity index (χ2n) is 3.89. The van der Waals surface area contributed by atoms with Crippen LogP contribution in [-0.4, -0.2) is 25.3 Å². The number of cyclic esters (lactones) is 1. The van der Waals surface area contributed by atoms with Crippen LogP contribution in [-0.2, 0) is 14.3 Å². The number of rotatable bonds is 1. The Kier molecular flexibility index (Phi) is 2.42. The summed E-state index contributed by atoms with van der Waals surface area (Å²) in [5.41, 5.74) is 3.63. The van der Waals surface area contributed by atoms with Crippen molar-refractivity contribution in [3.05, 3.63) is 22.8 Å². The van der Waals surface area contributed by atoms with Crippen LogP contribution in [0.4, 0.5) is 0 Å². The molecule has 3 heteroatoms. The van der Waals surface area contributed by atoms with Gasteiger partial charge in [-0.3, -0.25) is 0 Å². The number of ether oxygens (including phenoxy) is 2. The molecule has 0 bridgehead atoms. The summed E-state index contributed by atoms with van der Waals surface area (Å²) in [5, 5.41) is 0. The summed E-state index contributed by atoms with van der Waals surface area (Å²) in [6.45, 7) is 5.26. The van der Waals surface area contributed by atoms with Gasteiger partial charge in [0.1, 0.15) is 6.61 Å². The van der Waals surface area contributed by atoms with Gasteiger partial charge in [-0.2, -0.15) is 0 Å². The lowest BCUT2D eigenvalue weighted by Gasteiger charge is -2.25. The molecule has 1 atom stereocenters. The van der Waals surface area contributed by atoms with E-state index in [4.69, 9.17) is 9.47 Å². The van der Waals surface area contributed by atoms with Gasteiger partial charge >= 0.3 is 5.97 Å². The van der Waals surface area contributed by atoms with Crippen molar-refractivity contribution < 1.29 is 14.3 Å². The Labute approximate surface area is 83.4 Å². The third-order valence-electron chi connectivity index (χ3n) is 2.82. The largest absolute Gasteiger partial charge is 0.458 e. The topological polar surface area (TPSA) is 35.5 Å². The summed E-state index contributed by atoms with van der Waals surface area (Å²) < 4.78 is 10.5. The fraction of sp³-hybridized carbons (Fsp3) is 0.545. The molecule has 0 aliphatic carbocycles. The molecule has 0 fully saturated rings. The molecular weight excluding hydrogens is 180 g/mol. The summed E-state index contributed by atoms with van der Waals surface area (Å²) >= 11 is 0. The van der Waals surface area contributed by atoms with E-state index in [1.807, 2.05) is 0 Å². The minimum atomic E-state index is -0.243. The monoisotopic (exact) mass is 194 g/mol. The zero-order valence-corrected chi connectivity index (χ0v) is 8.50. The standard InChI is InChI=1S/C11H14O3/c1-7-3-10(13-5-8(7)2)9-4-11(12)14-6-9/h4,10H,3,5-6H2,1-2H3. The highest BCUT2D eigenvalue weighted by Gasteiger charge is 2.25. The summed E-state index contributed by atoms with van der Waals surface area (Å²) in [5.74, 6) is -0.243. The molecular formula is C11H14O3. The van der Waals surface area contributed by atoms with Crippen molar-refractivity contribution in [1.29, 1.82) is 0 Å². The molecule has 14 heavy (non-hydrogen) atoms. The molecule has 0 spiro atoms. The molecule has 0 aromatic heterocycles. The molecule has 2 aliphatic heterocycles. The Hall–Kier alpha value is -1.09. The molecule has 0 N–H and O–H groups in total. The SMILES string of the molecule is CC1=C(C)CC(C2=CC(=O)OC2)OC1. The highest BCUT2D eigenvalue weighted by molar-refractivity contribution is 5.85. The van der Waals surface area contributed by atoms with Crippen molar-refractivity contribution in [3.63, 3.8) is 0 Å². The first-order valence-corrected chi connectivity index (χ1v) is 4.81. The van der Waals surface area contributed by atoms with E-state index >= 15 is 0 Å². The van der Waals surface area contributed by atoms with Gasteiger partial charge in [0.05, 0.1) is 12.7 Å². The van der Waals surface area contributed by atoms with E-state index in [2.05, 4.69) is 13.8 Å². The van der Waals surface area contributed by atoms with Crippen LogP contribution in [0.3, 0.4) is 0 Å². The summed E-state index contributed by atoms with van der Waals surface area (Å²) in [4.78, 5) is 10.9. The zero-order chi connectivity index (χ0) is 10.1. The van der Waals surface area contributed by atoms with Crippen LogP contribution in [0.1, 0.15) is 20.3 Å². The van der Waals surface area contributed by atoms with E-state index in [-0.39, 0.29) is 12.1 Å². The number of hydrogen-bond donors (Lipinski definition) is 0. The van der Waals surface area contributed by atoms with E-state index in [0.717, 1.165) is 12.0 Å². The van der Waals surface area contributed by atoms with Crippen molar-refractivity contribution in [2.45, 2.75) is 26.4 Å². The first-order valence-electron chi connectivity index (χ1n) is 4.81. The zero-order valence-electron chi connectivity index (χ0n) is 8.50. The Morgan fingerprint density at radius 2 is 2.07 bits per heavy atom. The molecule has 2 heterocycles. The van der Waals surface area contributed by atoms with Crippen LogP contribution < -0.4 is 0 Å². The van der Waals surface area contributed by atoms with Gasteiger partial charge in [0, 0.05) is 11.6 Å². The smallest absolute Gasteiger partial charge is 0.331 e. The molecule has 0 saturated heterocycles. The van der Waals surface area contributed by atoms with Gasteiger partial charge in [-0.05, 0) is 25.8 Å². The third kappa shape index (κ3) is 1.73. The van der Waals surface area contributed by atoms with Crippen LogP contribution in [0, 0.1) is 0 Å². The van der Waals surface area contributed by atoms with E-state index in [9.17, 15) is 4.79 Å². The quantitative estimate of drug-likeness (QED) is 0.469. The number of hydrogen-bond acceptors (Lipinski definition) is 3. The molecule has 76 valence electrons. The molecule has 0 radical (unpaired) electrons. The average molecular weight is 194 g/mol. The van der Waals surface area contributed by atoms with Crippen molar-refractivity contribution in [1.82, 2.24) is 0 Å². The minimum Gasteiger partial charge on any atom is -0.458 e. The fourth-order valence-corrected chi connectivity index (χ4v) is 1.67. The van der Waals surface area contributed by atoms with Gasteiger partial charge < -0.3 is 9.47 Å². The minimum absolute atomic E-state index is 0.0464. The lowest BCUT2D eigenvalue weighted by atomic mass is 9.97. The fourth-order valence-electron chi connectivity index (χ4n) is 1.67. The van der Waals surface area contributed by atoms with Crippen LogP contribution in [0.15, 0.2) is 22.8 Å². The Balaban J connectivity index is 2.09. The lowest BCUT2D eigenvalue weighted by Crippen LogP contribution is -2.23. The number of esters is 1. The first-order chi connectivity index (χ1) is 6.66. The summed E-state index contributed by atoms with van der Waals surface area (Å²) in [7, 11) is 0. The van der Waals surface area contributed by atoms with E-state index in [1.54, 1.807) is 6.08 Å². The highest BCUT2D eigenvalue weighted by atomic mass is 16.5. The van der Waals surface area contributed by atoms with Gasteiger partial charge in [-0.25, -0.2) is 4.79 Å². The van der Waals surface area contributed by atoms with Gasteiger partial charge in [-0.1, -0.05) is 5.57 Å². The van der Waals surface area contributed by atoms with Gasteiger partial charge in [0.2, 0.25) is 0 Å². The van der Waals surface area contributed by atoms with E-state index in [0.29, 0.717) is 13.2 Å². The molecule has 2 rings (SSSR count). The van der Waals surface area contributed by atoms with Crippen molar-refractivity contribution in [2.75, 3.05) is 13.2 Å². The predicted molar refractivity (Wildman–Crippen MR) is 51.8 cm³/mol. The molecule has 1 unspecified atom stereocenters. The van der Waals surface area contributed by atoms with Crippen LogP contribution in [0.5, 0.6) is 0 Å². The van der Waals surface area contributed by atoms with Gasteiger partial charge in [0.15, 0.2) is 0 Å². The summed E-state index contributed by atoms with van der Waals surface area (Å²) in [6.07, 6.45) is 2.48. The third-order valence-corrected chi connectivity index (χ3v) is 2.82. The maximum Gasteiger partial charge on any atom is 0.331 e. The second kappa shape index (κ2) is 3.58. The molecule has 0 aromatic rings. The van der Waals surface area contributed by atoms with Crippen molar-refractivity contribution >= 4 is 5.97 Å². The Morgan fingerprint density at radius 3 is 2.64 bits per heavy atom. The van der Waals surface area contributed by atoms with Gasteiger partial charge in [-0.15, -0.1) is 0 Å². The van der Waals surface area contributed by atoms with Crippen molar-refractivity contribution in [2.24, 2.45) is 0 Å². The second-order valence-corrected chi connectivity index (χ2v) is 3.89. The maximum absolute atomic E-state index is 10.9. The normalized spacial score (nSPS) is 27.7. The van der Waals surface area contributed by atoms with Crippen LogP contribution >= 0.6 is 0 Å². The van der Waals surface area contributed by atoms with Gasteiger partial charge in [0.25, 0.3) is 0 Å². The molecule has 0 saturated carbocycles. The predicted octanol–water partition coefficient (Wildman–Crippen LogP) is 1.59. The van der Waals surface area contributed by atoms with Crippen LogP contribution in [0.25, 0.3) is 0 Å². The van der Waals surface area contributed by atoms with Crippen LogP contribution in [0.2, 0.25) is 0 Å².